The number of ether oxygens (including phenoxy) is 1. The quantitative estimate of drug-likeness (QED) is 0.819. The molecule has 1 aromatic heterocycles. The summed E-state index contributed by atoms with van der Waals surface area (Å²) in [5.74, 6) is 0.0166. The van der Waals surface area contributed by atoms with E-state index in [1.54, 1.807) is 26.2 Å². The third-order valence-electron chi connectivity index (χ3n) is 3.72. The van der Waals surface area contributed by atoms with Gasteiger partial charge in [-0.25, -0.2) is 14.2 Å². The molecular weight excluding hydrogens is 347 g/mol. The van der Waals surface area contributed by atoms with Crippen LogP contribution < -0.4 is 5.32 Å². The van der Waals surface area contributed by atoms with Gasteiger partial charge in [0, 0.05) is 28.7 Å². The van der Waals surface area contributed by atoms with Crippen LogP contribution in [0.1, 0.15) is 31.3 Å². The highest BCUT2D eigenvalue weighted by Gasteiger charge is 2.32. The van der Waals surface area contributed by atoms with Crippen LogP contribution in [0.4, 0.5) is 4.39 Å². The number of carbonyl (C=O) groups is 1. The Bertz CT molecular complexity index is 862. The fourth-order valence-corrected chi connectivity index (χ4v) is 2.88. The molecule has 1 aliphatic heterocycles. The minimum atomic E-state index is -0.728. The Morgan fingerprint density at radius 1 is 1.44 bits per heavy atom. The molecule has 0 saturated carbocycles. The normalized spacial score (nSPS) is 17.1. The second-order valence-electron chi connectivity index (χ2n) is 5.37. The monoisotopic (exact) mass is 362 g/mol. The van der Waals surface area contributed by atoms with Crippen molar-refractivity contribution in [2.24, 2.45) is 4.99 Å². The molecular formula is C17H16ClFN4O2. The first-order valence-corrected chi connectivity index (χ1v) is 8.06. The molecule has 1 atom stereocenters. The zero-order chi connectivity index (χ0) is 18.0. The lowest BCUT2D eigenvalue weighted by atomic mass is 9.96. The molecule has 0 saturated heterocycles. The van der Waals surface area contributed by atoms with Gasteiger partial charge >= 0.3 is 5.97 Å². The van der Waals surface area contributed by atoms with Crippen LogP contribution in [0.25, 0.3) is 0 Å². The van der Waals surface area contributed by atoms with Crippen molar-refractivity contribution in [2.75, 3.05) is 6.61 Å². The molecule has 0 fully saturated rings. The van der Waals surface area contributed by atoms with E-state index in [4.69, 9.17) is 16.3 Å². The molecule has 8 heteroatoms. The van der Waals surface area contributed by atoms with Gasteiger partial charge in [0.15, 0.2) is 11.7 Å². The number of hydrogen-bond acceptors (Lipinski definition) is 5. The number of esters is 1. The number of halogens is 2. The Kier molecular flexibility index (Phi) is 4.85. The smallest absolute Gasteiger partial charge is 0.338 e. The highest BCUT2D eigenvalue weighted by Crippen LogP contribution is 2.36. The largest absolute Gasteiger partial charge is 0.463 e. The van der Waals surface area contributed by atoms with Crippen molar-refractivity contribution in [1.82, 2.24) is 15.3 Å². The Hall–Kier alpha value is -2.67. The van der Waals surface area contributed by atoms with Gasteiger partial charge in [-0.2, -0.15) is 0 Å². The summed E-state index contributed by atoms with van der Waals surface area (Å²) in [6, 6.07) is 3.26. The van der Waals surface area contributed by atoms with Crippen molar-refractivity contribution in [3.05, 3.63) is 64.1 Å². The highest BCUT2D eigenvalue weighted by molar-refractivity contribution is 6.31. The molecule has 6 nitrogen and oxygen atoms in total. The van der Waals surface area contributed by atoms with Gasteiger partial charge in [-0.05, 0) is 26.0 Å². The molecule has 2 N–H and O–H groups in total. The molecule has 1 aromatic carbocycles. The summed E-state index contributed by atoms with van der Waals surface area (Å²) in [6.45, 7) is 3.70. The van der Waals surface area contributed by atoms with Gasteiger partial charge in [-0.3, -0.25) is 4.99 Å². The standard InChI is InChI=1S/C17H16ClFN4O2/c1-3-25-17(24)13-9(2)22-16(15-20-6-7-21-15)23-14(13)11-5-4-10(19)8-12(11)18/h4-8,14H,3H2,1-2H3,(H,20,21)(H,22,23). The number of hydrogen-bond donors (Lipinski definition) is 2. The van der Waals surface area contributed by atoms with Gasteiger partial charge in [-0.15, -0.1) is 0 Å². The zero-order valence-corrected chi connectivity index (χ0v) is 14.4. The van der Waals surface area contributed by atoms with Crippen LogP contribution in [0.15, 0.2) is 46.9 Å². The maximum absolute atomic E-state index is 13.4. The Morgan fingerprint density at radius 3 is 2.88 bits per heavy atom. The van der Waals surface area contributed by atoms with Crippen LogP contribution in [0.5, 0.6) is 0 Å². The van der Waals surface area contributed by atoms with E-state index < -0.39 is 17.8 Å². The second kappa shape index (κ2) is 7.06. The van der Waals surface area contributed by atoms with Crippen molar-refractivity contribution in [1.29, 1.82) is 0 Å². The number of rotatable bonds is 4. The van der Waals surface area contributed by atoms with Crippen LogP contribution in [0, 0.1) is 5.82 Å². The van der Waals surface area contributed by atoms with Crippen LogP contribution in [0.2, 0.25) is 5.02 Å². The average Bonchev–Trinajstić information content (AvgIpc) is 3.08. The predicted octanol–water partition coefficient (Wildman–Crippen LogP) is 3.13. The van der Waals surface area contributed by atoms with Gasteiger partial charge in [0.25, 0.3) is 0 Å². The Balaban J connectivity index is 2.11. The first kappa shape index (κ1) is 17.2. The SMILES string of the molecule is CCOC(=O)C1=C(C)NC(c2ncc[nH]2)=NC1c1ccc(F)cc1Cl. The lowest BCUT2D eigenvalue weighted by Crippen LogP contribution is -2.33. The maximum atomic E-state index is 13.4. The summed E-state index contributed by atoms with van der Waals surface area (Å²) in [5.41, 5.74) is 1.41. The topological polar surface area (TPSA) is 79.4 Å². The molecule has 0 aliphatic carbocycles. The lowest BCUT2D eigenvalue weighted by molar-refractivity contribution is -0.138. The van der Waals surface area contributed by atoms with Crippen molar-refractivity contribution >= 4 is 23.4 Å². The van der Waals surface area contributed by atoms with E-state index in [-0.39, 0.29) is 11.6 Å². The summed E-state index contributed by atoms with van der Waals surface area (Å²) in [6.07, 6.45) is 3.26. The molecule has 2 heterocycles. The van der Waals surface area contributed by atoms with Gasteiger partial charge < -0.3 is 15.0 Å². The number of H-pyrrole nitrogens is 1. The highest BCUT2D eigenvalue weighted by atomic mass is 35.5. The number of allylic oxidation sites excluding steroid dienone is 1. The summed E-state index contributed by atoms with van der Waals surface area (Å²) in [7, 11) is 0. The Labute approximate surface area is 148 Å². The van der Waals surface area contributed by atoms with E-state index in [0.717, 1.165) is 0 Å². The van der Waals surface area contributed by atoms with Crippen LogP contribution >= 0.6 is 11.6 Å². The predicted molar refractivity (Wildman–Crippen MR) is 91.7 cm³/mol. The first-order chi connectivity index (χ1) is 12.0. The third kappa shape index (κ3) is 3.41. The number of imidazole rings is 1. The van der Waals surface area contributed by atoms with E-state index in [1.165, 1.54) is 18.2 Å². The first-order valence-electron chi connectivity index (χ1n) is 7.68. The minimum Gasteiger partial charge on any atom is -0.463 e. The van der Waals surface area contributed by atoms with Crippen molar-refractivity contribution in [3.8, 4) is 0 Å². The third-order valence-corrected chi connectivity index (χ3v) is 4.04. The fourth-order valence-electron chi connectivity index (χ4n) is 2.61. The molecule has 1 aliphatic rings. The Morgan fingerprint density at radius 2 is 2.24 bits per heavy atom. The fraction of sp³-hybridized carbons (Fsp3) is 0.235. The summed E-state index contributed by atoms with van der Waals surface area (Å²) >= 11 is 6.20. The molecule has 25 heavy (non-hydrogen) atoms. The second-order valence-corrected chi connectivity index (χ2v) is 5.78. The molecule has 0 spiro atoms. The molecule has 0 bridgehead atoms. The van der Waals surface area contributed by atoms with E-state index >= 15 is 0 Å². The molecule has 2 aromatic rings. The van der Waals surface area contributed by atoms with Gasteiger partial charge in [0.2, 0.25) is 0 Å². The maximum Gasteiger partial charge on any atom is 0.338 e. The lowest BCUT2D eigenvalue weighted by Gasteiger charge is -2.26. The molecule has 3 rings (SSSR count). The number of nitrogens with zero attached hydrogens (tertiary/aromatic N) is 2. The van der Waals surface area contributed by atoms with Crippen LogP contribution in [-0.2, 0) is 9.53 Å². The summed E-state index contributed by atoms with van der Waals surface area (Å²) < 4.78 is 18.6. The molecule has 1 unspecified atom stereocenters. The molecule has 0 radical (unpaired) electrons. The van der Waals surface area contributed by atoms with E-state index in [2.05, 4.69) is 20.3 Å². The van der Waals surface area contributed by atoms with Gasteiger partial charge in [-0.1, -0.05) is 17.7 Å². The molecule has 0 amide bonds. The van der Waals surface area contributed by atoms with E-state index in [9.17, 15) is 9.18 Å². The average molecular weight is 363 g/mol. The number of benzene rings is 1. The number of carbonyl (C=O) groups excluding carboxylic acids is 1. The van der Waals surface area contributed by atoms with E-state index in [1.807, 2.05) is 0 Å². The van der Waals surface area contributed by atoms with Crippen molar-refractivity contribution in [2.45, 2.75) is 19.9 Å². The van der Waals surface area contributed by atoms with E-state index in [0.29, 0.717) is 28.5 Å². The summed E-state index contributed by atoms with van der Waals surface area (Å²) in [5, 5.41) is 3.24. The van der Waals surface area contributed by atoms with Crippen molar-refractivity contribution in [3.63, 3.8) is 0 Å². The molecule has 130 valence electrons. The van der Waals surface area contributed by atoms with Crippen molar-refractivity contribution < 1.29 is 13.9 Å². The number of amidine groups is 1. The van der Waals surface area contributed by atoms with Gasteiger partial charge in [0.1, 0.15) is 11.9 Å². The number of aromatic nitrogens is 2. The van der Waals surface area contributed by atoms with Crippen LogP contribution in [-0.4, -0.2) is 28.4 Å². The zero-order valence-electron chi connectivity index (χ0n) is 13.6. The number of nitrogens with one attached hydrogen (secondary N) is 2. The number of aliphatic imine (C=N–C) groups is 1. The van der Waals surface area contributed by atoms with Gasteiger partial charge in [0.05, 0.1) is 12.2 Å². The minimum absolute atomic E-state index is 0.184. The number of aromatic amines is 1. The summed E-state index contributed by atoms with van der Waals surface area (Å²) in [4.78, 5) is 24.1. The van der Waals surface area contributed by atoms with Crippen LogP contribution in [0.3, 0.4) is 0 Å².